The summed E-state index contributed by atoms with van der Waals surface area (Å²) in [4.78, 5) is 13.6. The lowest BCUT2D eigenvalue weighted by molar-refractivity contribution is -0.154. The van der Waals surface area contributed by atoms with Crippen molar-refractivity contribution >= 4 is 5.91 Å². The quantitative estimate of drug-likeness (QED) is 0.703. The van der Waals surface area contributed by atoms with Gasteiger partial charge in [0.25, 0.3) is 5.91 Å². The molecule has 4 heteroatoms. The van der Waals surface area contributed by atoms with Gasteiger partial charge in [-0.1, -0.05) is 0 Å². The van der Waals surface area contributed by atoms with Gasteiger partial charge in [0.2, 0.25) is 0 Å². The third-order valence-electron chi connectivity index (χ3n) is 2.71. The summed E-state index contributed by atoms with van der Waals surface area (Å²) in [6.45, 7) is 4.65. The molecule has 0 aliphatic carbocycles. The SMILES string of the molecule is COC(C)(C)C(=O)N1CCC[C@H](O)C1. The molecule has 0 bridgehead atoms. The number of amides is 1. The van der Waals surface area contributed by atoms with Crippen LogP contribution in [0, 0.1) is 0 Å². The Morgan fingerprint density at radius 1 is 1.57 bits per heavy atom. The molecular weight excluding hydrogens is 182 g/mol. The molecular formula is C10H19NO3. The molecule has 0 saturated carbocycles. The Bertz CT molecular complexity index is 215. The number of carbonyl (C=O) groups excluding carboxylic acids is 1. The number of nitrogens with zero attached hydrogens (tertiary/aromatic N) is 1. The molecule has 0 radical (unpaired) electrons. The number of ether oxygens (including phenoxy) is 1. The highest BCUT2D eigenvalue weighted by Crippen LogP contribution is 2.17. The zero-order valence-electron chi connectivity index (χ0n) is 9.12. The summed E-state index contributed by atoms with van der Waals surface area (Å²) in [7, 11) is 1.53. The van der Waals surface area contributed by atoms with Crippen molar-refractivity contribution in [1.29, 1.82) is 0 Å². The van der Waals surface area contributed by atoms with Crippen molar-refractivity contribution in [3.05, 3.63) is 0 Å². The van der Waals surface area contributed by atoms with Crippen LogP contribution in [0.15, 0.2) is 0 Å². The van der Waals surface area contributed by atoms with E-state index in [0.29, 0.717) is 6.54 Å². The van der Waals surface area contributed by atoms with Crippen molar-refractivity contribution in [3.63, 3.8) is 0 Å². The van der Waals surface area contributed by atoms with Crippen molar-refractivity contribution in [1.82, 2.24) is 4.90 Å². The van der Waals surface area contributed by atoms with Crippen molar-refractivity contribution < 1.29 is 14.6 Å². The van der Waals surface area contributed by atoms with Crippen LogP contribution in [-0.2, 0) is 9.53 Å². The van der Waals surface area contributed by atoms with Gasteiger partial charge in [-0.2, -0.15) is 0 Å². The number of β-amino-alcohol motifs (C(OH)–C–C–N with tert-alkyl or cyclic N) is 1. The number of aliphatic hydroxyl groups is 1. The van der Waals surface area contributed by atoms with Gasteiger partial charge in [-0.3, -0.25) is 4.79 Å². The molecule has 1 N–H and O–H groups in total. The van der Waals surface area contributed by atoms with Gasteiger partial charge in [0, 0.05) is 20.2 Å². The highest BCUT2D eigenvalue weighted by Gasteiger charge is 2.33. The van der Waals surface area contributed by atoms with Crippen LogP contribution in [0.2, 0.25) is 0 Å². The van der Waals surface area contributed by atoms with E-state index in [1.165, 1.54) is 7.11 Å². The minimum atomic E-state index is -0.781. The molecule has 0 unspecified atom stereocenters. The molecule has 1 fully saturated rings. The topological polar surface area (TPSA) is 49.8 Å². The second kappa shape index (κ2) is 4.28. The molecule has 1 aliphatic heterocycles. The predicted octanol–water partition coefficient (Wildman–Crippen LogP) is 0.395. The predicted molar refractivity (Wildman–Crippen MR) is 52.9 cm³/mol. The first-order valence-corrected chi connectivity index (χ1v) is 5.00. The molecule has 1 rings (SSSR count). The van der Waals surface area contributed by atoms with E-state index in [1.807, 2.05) is 0 Å². The first-order chi connectivity index (χ1) is 6.47. The minimum Gasteiger partial charge on any atom is -0.391 e. The van der Waals surface area contributed by atoms with Crippen LogP contribution in [0.5, 0.6) is 0 Å². The van der Waals surface area contributed by atoms with Crippen molar-refractivity contribution in [2.24, 2.45) is 0 Å². The monoisotopic (exact) mass is 201 g/mol. The molecule has 0 spiro atoms. The van der Waals surface area contributed by atoms with E-state index in [-0.39, 0.29) is 12.0 Å². The number of hydrogen-bond donors (Lipinski definition) is 1. The van der Waals surface area contributed by atoms with Crippen LogP contribution in [0.4, 0.5) is 0 Å². The summed E-state index contributed by atoms with van der Waals surface area (Å²) < 4.78 is 5.12. The van der Waals surface area contributed by atoms with Crippen LogP contribution < -0.4 is 0 Å². The maximum atomic E-state index is 11.9. The summed E-state index contributed by atoms with van der Waals surface area (Å²) in [6.07, 6.45) is 1.28. The maximum Gasteiger partial charge on any atom is 0.254 e. The Balaban J connectivity index is 2.60. The molecule has 0 aromatic carbocycles. The molecule has 1 atom stereocenters. The van der Waals surface area contributed by atoms with E-state index < -0.39 is 5.60 Å². The Hall–Kier alpha value is -0.610. The van der Waals surface area contributed by atoms with Gasteiger partial charge in [0.1, 0.15) is 5.60 Å². The second-order valence-electron chi connectivity index (χ2n) is 4.26. The fourth-order valence-corrected chi connectivity index (χ4v) is 1.61. The van der Waals surface area contributed by atoms with Gasteiger partial charge in [0.15, 0.2) is 0 Å². The number of likely N-dealkylation sites (tertiary alicyclic amines) is 1. The molecule has 0 aromatic rings. The molecule has 0 aromatic heterocycles. The molecule has 14 heavy (non-hydrogen) atoms. The van der Waals surface area contributed by atoms with E-state index in [0.717, 1.165) is 19.4 Å². The Kier molecular flexibility index (Phi) is 3.50. The van der Waals surface area contributed by atoms with E-state index in [9.17, 15) is 9.90 Å². The Morgan fingerprint density at radius 2 is 2.21 bits per heavy atom. The zero-order chi connectivity index (χ0) is 10.8. The first-order valence-electron chi connectivity index (χ1n) is 5.00. The Morgan fingerprint density at radius 3 is 2.71 bits per heavy atom. The van der Waals surface area contributed by atoms with Crippen LogP contribution in [0.3, 0.4) is 0 Å². The van der Waals surface area contributed by atoms with Crippen molar-refractivity contribution in [2.45, 2.75) is 38.4 Å². The smallest absolute Gasteiger partial charge is 0.254 e. The number of rotatable bonds is 2. The largest absolute Gasteiger partial charge is 0.391 e. The lowest BCUT2D eigenvalue weighted by Gasteiger charge is -2.35. The third-order valence-corrected chi connectivity index (χ3v) is 2.71. The summed E-state index contributed by atoms with van der Waals surface area (Å²) >= 11 is 0. The molecule has 1 amide bonds. The normalized spacial score (nSPS) is 23.7. The maximum absolute atomic E-state index is 11.9. The summed E-state index contributed by atoms with van der Waals surface area (Å²) in [6, 6.07) is 0. The summed E-state index contributed by atoms with van der Waals surface area (Å²) in [5, 5.41) is 9.43. The molecule has 82 valence electrons. The van der Waals surface area contributed by atoms with E-state index in [1.54, 1.807) is 18.7 Å². The van der Waals surface area contributed by atoms with Gasteiger partial charge in [0.05, 0.1) is 6.10 Å². The van der Waals surface area contributed by atoms with Crippen molar-refractivity contribution in [3.8, 4) is 0 Å². The average Bonchev–Trinajstić information content (AvgIpc) is 2.16. The van der Waals surface area contributed by atoms with Gasteiger partial charge in [-0.15, -0.1) is 0 Å². The fourth-order valence-electron chi connectivity index (χ4n) is 1.61. The van der Waals surface area contributed by atoms with Gasteiger partial charge in [-0.25, -0.2) is 0 Å². The highest BCUT2D eigenvalue weighted by atomic mass is 16.5. The van der Waals surface area contributed by atoms with Crippen LogP contribution in [0.25, 0.3) is 0 Å². The molecule has 1 saturated heterocycles. The van der Waals surface area contributed by atoms with Gasteiger partial charge in [-0.05, 0) is 26.7 Å². The molecule has 1 heterocycles. The number of carbonyl (C=O) groups is 1. The third kappa shape index (κ3) is 2.45. The standard InChI is InChI=1S/C10H19NO3/c1-10(2,14-3)9(13)11-6-4-5-8(12)7-11/h8,12H,4-7H2,1-3H3/t8-/m0/s1. The van der Waals surface area contributed by atoms with Crippen LogP contribution in [0.1, 0.15) is 26.7 Å². The van der Waals surface area contributed by atoms with E-state index in [2.05, 4.69) is 0 Å². The lowest BCUT2D eigenvalue weighted by atomic mass is 10.0. The lowest BCUT2D eigenvalue weighted by Crippen LogP contribution is -2.51. The average molecular weight is 201 g/mol. The number of piperidine rings is 1. The Labute approximate surface area is 84.8 Å². The fraction of sp³-hybridized carbons (Fsp3) is 0.900. The van der Waals surface area contributed by atoms with E-state index in [4.69, 9.17) is 4.74 Å². The zero-order valence-corrected chi connectivity index (χ0v) is 9.12. The van der Waals surface area contributed by atoms with E-state index >= 15 is 0 Å². The van der Waals surface area contributed by atoms with Crippen molar-refractivity contribution in [2.75, 3.05) is 20.2 Å². The summed E-state index contributed by atoms with van der Waals surface area (Å²) in [5.41, 5.74) is -0.781. The highest BCUT2D eigenvalue weighted by molar-refractivity contribution is 5.84. The first kappa shape index (κ1) is 11.5. The second-order valence-corrected chi connectivity index (χ2v) is 4.26. The van der Waals surface area contributed by atoms with Gasteiger partial charge < -0.3 is 14.7 Å². The van der Waals surface area contributed by atoms with Gasteiger partial charge >= 0.3 is 0 Å². The number of aliphatic hydroxyl groups excluding tert-OH is 1. The minimum absolute atomic E-state index is 0.0428. The summed E-state index contributed by atoms with van der Waals surface area (Å²) in [5.74, 6) is -0.0428. The number of methoxy groups -OCH3 is 1. The van der Waals surface area contributed by atoms with Crippen LogP contribution >= 0.6 is 0 Å². The molecule has 1 aliphatic rings. The van der Waals surface area contributed by atoms with Crippen LogP contribution in [-0.4, -0.2) is 47.8 Å². The number of hydrogen-bond acceptors (Lipinski definition) is 3. The molecule has 4 nitrogen and oxygen atoms in total.